The molecule has 6 heteroatoms. The highest BCUT2D eigenvalue weighted by atomic mass is 19.2. The van der Waals surface area contributed by atoms with Crippen LogP contribution in [0.5, 0.6) is 5.88 Å². The van der Waals surface area contributed by atoms with Gasteiger partial charge >= 0.3 is 0 Å². The van der Waals surface area contributed by atoms with Crippen LogP contribution < -0.4 is 14.8 Å². The molecule has 0 fully saturated rings. The van der Waals surface area contributed by atoms with Gasteiger partial charge in [0.1, 0.15) is 6.67 Å². The zero-order chi connectivity index (χ0) is 15.0. The Bertz CT molecular complexity index is 705. The molecule has 0 N–H and O–H groups in total. The molecule has 0 unspecified atom stereocenters. The van der Waals surface area contributed by atoms with Crippen LogP contribution in [0.15, 0.2) is 36.4 Å². The number of aryl methyl sites for hydroxylation is 1. The van der Waals surface area contributed by atoms with Crippen LogP contribution in [0.3, 0.4) is 0 Å². The molecule has 0 saturated carbocycles. The summed E-state index contributed by atoms with van der Waals surface area (Å²) in [6.45, 7) is 1.60. The monoisotopic (exact) mass is 287 g/mol. The number of aromatic nitrogens is 1. The summed E-state index contributed by atoms with van der Waals surface area (Å²) in [5.41, 5.74) is 1.80. The molecule has 0 saturated heterocycles. The fraction of sp³-hybridized carbons (Fsp3) is 0.200. The average molecular weight is 287 g/mol. The number of ether oxygens (including phenoxy) is 1. The number of carbonyl (C=O) groups excluding carboxylic acids is 1. The molecule has 0 radical (unpaired) electrons. The third-order valence-corrected chi connectivity index (χ3v) is 3.44. The van der Waals surface area contributed by atoms with Crippen molar-refractivity contribution >= 4 is 17.3 Å². The minimum atomic E-state index is -0.241. The Morgan fingerprint density at radius 2 is 1.95 bits per heavy atom. The van der Waals surface area contributed by atoms with Crippen LogP contribution in [0.25, 0.3) is 0 Å². The molecule has 5 nitrogen and oxygen atoms in total. The highest BCUT2D eigenvalue weighted by Crippen LogP contribution is 2.32. The van der Waals surface area contributed by atoms with Gasteiger partial charge in [0.25, 0.3) is 5.91 Å². The lowest BCUT2D eigenvalue weighted by atomic mass is 10.1. The van der Waals surface area contributed by atoms with Gasteiger partial charge in [0.2, 0.25) is 5.88 Å². The van der Waals surface area contributed by atoms with Gasteiger partial charge in [-0.25, -0.2) is 4.98 Å². The molecule has 21 heavy (non-hydrogen) atoms. The number of fused-ring (bicyclic) bond motifs is 1. The molecule has 3 rings (SSSR count). The number of rotatable bonds is 2. The maximum Gasteiger partial charge on any atom is 0.262 e. The number of carbonyl (C=O) groups is 1. The van der Waals surface area contributed by atoms with Crippen molar-refractivity contribution in [2.75, 3.05) is 23.8 Å². The molecule has 1 aromatic carbocycles. The summed E-state index contributed by atoms with van der Waals surface area (Å²) in [6.07, 6.45) is 0. The number of para-hydroxylation sites is 1. The molecule has 0 bridgehead atoms. The Labute approximate surface area is 121 Å². The molecule has 0 atom stereocenters. The largest absolute Gasteiger partial charge is 0.481 e. The molecule has 2 heterocycles. The SMILES string of the molecule is COc1ccc(N2CN(F)c3ccccc3C2=O)c(C)n1. The van der Waals surface area contributed by atoms with Crippen molar-refractivity contribution in [1.82, 2.24) is 4.98 Å². The fourth-order valence-corrected chi connectivity index (χ4v) is 2.39. The van der Waals surface area contributed by atoms with Crippen molar-refractivity contribution in [2.24, 2.45) is 0 Å². The number of methoxy groups -OCH3 is 1. The fourth-order valence-electron chi connectivity index (χ4n) is 2.39. The molecule has 1 aromatic heterocycles. The molecule has 0 aliphatic carbocycles. The number of anilines is 2. The lowest BCUT2D eigenvalue weighted by molar-refractivity contribution is 0.0975. The maximum atomic E-state index is 14.2. The van der Waals surface area contributed by atoms with Crippen LogP contribution in [0.2, 0.25) is 0 Å². The van der Waals surface area contributed by atoms with Gasteiger partial charge in [-0.15, -0.1) is 0 Å². The number of halogens is 1. The molecule has 0 spiro atoms. The normalized spacial score (nSPS) is 14.1. The third kappa shape index (κ3) is 2.18. The molecule has 108 valence electrons. The number of hydrogen-bond donors (Lipinski definition) is 0. The summed E-state index contributed by atoms with van der Waals surface area (Å²) in [5.74, 6) is 0.216. The number of pyridine rings is 1. The summed E-state index contributed by atoms with van der Waals surface area (Å²) >= 11 is 0. The summed E-state index contributed by atoms with van der Waals surface area (Å²) in [5, 5.41) is 0.556. The Morgan fingerprint density at radius 3 is 2.67 bits per heavy atom. The summed E-state index contributed by atoms with van der Waals surface area (Å²) in [4.78, 5) is 18.1. The second-order valence-electron chi connectivity index (χ2n) is 4.71. The summed E-state index contributed by atoms with van der Waals surface area (Å²) < 4.78 is 19.2. The van der Waals surface area contributed by atoms with E-state index in [1.807, 2.05) is 0 Å². The van der Waals surface area contributed by atoms with Gasteiger partial charge < -0.3 is 4.74 Å². The Balaban J connectivity index is 2.03. The topological polar surface area (TPSA) is 45.7 Å². The number of benzene rings is 1. The first kappa shape index (κ1) is 13.4. The second-order valence-corrected chi connectivity index (χ2v) is 4.71. The predicted molar refractivity (Wildman–Crippen MR) is 77.2 cm³/mol. The first-order valence-electron chi connectivity index (χ1n) is 6.47. The maximum absolute atomic E-state index is 14.2. The average Bonchev–Trinajstić information content (AvgIpc) is 2.51. The van der Waals surface area contributed by atoms with Crippen molar-refractivity contribution < 1.29 is 14.0 Å². The lowest BCUT2D eigenvalue weighted by Gasteiger charge is -2.33. The van der Waals surface area contributed by atoms with E-state index in [0.717, 1.165) is 0 Å². The van der Waals surface area contributed by atoms with Crippen molar-refractivity contribution in [3.05, 3.63) is 47.7 Å². The number of hydrogen-bond acceptors (Lipinski definition) is 4. The van der Waals surface area contributed by atoms with E-state index in [-0.39, 0.29) is 18.3 Å². The van der Waals surface area contributed by atoms with Crippen LogP contribution in [-0.4, -0.2) is 24.7 Å². The summed E-state index contributed by atoms with van der Waals surface area (Å²) in [6, 6.07) is 9.98. The lowest BCUT2D eigenvalue weighted by Crippen LogP contribution is -2.44. The van der Waals surface area contributed by atoms with Gasteiger partial charge in [0.05, 0.1) is 29.7 Å². The van der Waals surface area contributed by atoms with Crippen LogP contribution in [0.4, 0.5) is 15.9 Å². The van der Waals surface area contributed by atoms with Crippen molar-refractivity contribution in [1.29, 1.82) is 0 Å². The van der Waals surface area contributed by atoms with E-state index in [0.29, 0.717) is 27.9 Å². The zero-order valence-electron chi connectivity index (χ0n) is 11.7. The zero-order valence-corrected chi connectivity index (χ0v) is 11.7. The first-order chi connectivity index (χ1) is 10.1. The van der Waals surface area contributed by atoms with E-state index >= 15 is 0 Å². The Kier molecular flexibility index (Phi) is 3.21. The van der Waals surface area contributed by atoms with Crippen LogP contribution in [-0.2, 0) is 0 Å². The van der Waals surface area contributed by atoms with E-state index < -0.39 is 0 Å². The minimum absolute atomic E-state index is 0.162. The van der Waals surface area contributed by atoms with Crippen molar-refractivity contribution in [2.45, 2.75) is 6.92 Å². The van der Waals surface area contributed by atoms with Crippen LogP contribution in [0.1, 0.15) is 16.1 Å². The minimum Gasteiger partial charge on any atom is -0.481 e. The van der Waals surface area contributed by atoms with Gasteiger partial charge in [0, 0.05) is 6.07 Å². The third-order valence-electron chi connectivity index (χ3n) is 3.44. The number of nitrogens with zero attached hydrogens (tertiary/aromatic N) is 3. The number of amides is 1. The second kappa shape index (κ2) is 5.05. The van der Waals surface area contributed by atoms with Gasteiger partial charge in [0.15, 0.2) is 0 Å². The van der Waals surface area contributed by atoms with E-state index in [1.54, 1.807) is 43.3 Å². The van der Waals surface area contributed by atoms with Gasteiger partial charge in [-0.1, -0.05) is 16.6 Å². The van der Waals surface area contributed by atoms with Crippen LogP contribution in [0, 0.1) is 6.92 Å². The highest BCUT2D eigenvalue weighted by Gasteiger charge is 2.31. The molecule has 1 aliphatic rings. The Morgan fingerprint density at radius 1 is 1.19 bits per heavy atom. The molecule has 2 aromatic rings. The molecular formula is C15H14FN3O2. The smallest absolute Gasteiger partial charge is 0.262 e. The van der Waals surface area contributed by atoms with E-state index in [1.165, 1.54) is 12.0 Å². The van der Waals surface area contributed by atoms with E-state index in [4.69, 9.17) is 4.74 Å². The molecule has 1 aliphatic heterocycles. The van der Waals surface area contributed by atoms with Gasteiger partial charge in [-0.05, 0) is 25.1 Å². The predicted octanol–water partition coefficient (Wildman–Crippen LogP) is 2.71. The van der Waals surface area contributed by atoms with Crippen molar-refractivity contribution in [3.63, 3.8) is 0 Å². The van der Waals surface area contributed by atoms with Crippen molar-refractivity contribution in [3.8, 4) is 5.88 Å². The first-order valence-corrected chi connectivity index (χ1v) is 6.47. The quantitative estimate of drug-likeness (QED) is 0.797. The standard InChI is InChI=1S/C15H14FN3O2/c1-10-12(7-8-14(17-10)21-2)18-9-19(16)13-6-4-3-5-11(13)15(18)20/h3-8H,9H2,1-2H3. The summed E-state index contributed by atoms with van der Waals surface area (Å²) in [7, 11) is 1.52. The van der Waals surface area contributed by atoms with Gasteiger partial charge in [-0.2, -0.15) is 5.12 Å². The van der Waals surface area contributed by atoms with Crippen LogP contribution >= 0.6 is 0 Å². The Hall–Kier alpha value is -2.63. The van der Waals surface area contributed by atoms with E-state index in [9.17, 15) is 9.28 Å². The van der Waals surface area contributed by atoms with Gasteiger partial charge in [-0.3, -0.25) is 9.69 Å². The molecular weight excluding hydrogens is 273 g/mol. The molecule has 1 amide bonds. The highest BCUT2D eigenvalue weighted by molar-refractivity contribution is 6.11. The van der Waals surface area contributed by atoms with E-state index in [2.05, 4.69) is 4.98 Å².